The molecular formula is C17H28N2. The lowest BCUT2D eigenvalue weighted by Crippen LogP contribution is -2.44. The molecule has 1 N–H and O–H groups in total. The number of nitrogens with one attached hydrogen (secondary N) is 1. The molecule has 0 bridgehead atoms. The Morgan fingerprint density at radius 1 is 1.11 bits per heavy atom. The van der Waals surface area contributed by atoms with Crippen molar-refractivity contribution in [3.05, 3.63) is 35.9 Å². The fourth-order valence-electron chi connectivity index (χ4n) is 2.59. The zero-order valence-corrected chi connectivity index (χ0v) is 12.7. The van der Waals surface area contributed by atoms with Gasteiger partial charge in [-0.2, -0.15) is 0 Å². The smallest absolute Gasteiger partial charge is 0.0233 e. The molecule has 1 aliphatic heterocycles. The van der Waals surface area contributed by atoms with Crippen LogP contribution in [-0.2, 0) is 6.54 Å². The van der Waals surface area contributed by atoms with Gasteiger partial charge in [-0.3, -0.25) is 4.90 Å². The molecule has 0 aromatic heterocycles. The van der Waals surface area contributed by atoms with Crippen LogP contribution in [0.1, 0.15) is 39.2 Å². The molecule has 1 aromatic carbocycles. The second-order valence-electron chi connectivity index (χ2n) is 6.98. The number of piperidine rings is 1. The summed E-state index contributed by atoms with van der Waals surface area (Å²) in [5.74, 6) is 0. The third-order valence-corrected chi connectivity index (χ3v) is 3.76. The van der Waals surface area contributed by atoms with E-state index in [4.69, 9.17) is 0 Å². The molecule has 2 rings (SSSR count). The summed E-state index contributed by atoms with van der Waals surface area (Å²) in [7, 11) is 0. The largest absolute Gasteiger partial charge is 0.313 e. The maximum absolute atomic E-state index is 3.72. The molecule has 1 fully saturated rings. The molecule has 106 valence electrons. The number of hydrogen-bond acceptors (Lipinski definition) is 2. The van der Waals surface area contributed by atoms with Crippen LogP contribution in [0.25, 0.3) is 0 Å². The van der Waals surface area contributed by atoms with Gasteiger partial charge >= 0.3 is 0 Å². The van der Waals surface area contributed by atoms with Gasteiger partial charge in [0.2, 0.25) is 0 Å². The van der Waals surface area contributed by atoms with Crippen LogP contribution >= 0.6 is 0 Å². The van der Waals surface area contributed by atoms with Gasteiger partial charge in [0, 0.05) is 19.1 Å². The van der Waals surface area contributed by atoms with Gasteiger partial charge in [0.1, 0.15) is 0 Å². The number of rotatable bonds is 4. The fraction of sp³-hybridized carbons (Fsp3) is 0.647. The van der Waals surface area contributed by atoms with E-state index in [9.17, 15) is 0 Å². The number of hydrogen-bond donors (Lipinski definition) is 1. The van der Waals surface area contributed by atoms with Gasteiger partial charge in [0.15, 0.2) is 0 Å². The minimum Gasteiger partial charge on any atom is -0.313 e. The monoisotopic (exact) mass is 260 g/mol. The van der Waals surface area contributed by atoms with Gasteiger partial charge in [-0.25, -0.2) is 0 Å². The molecule has 1 saturated heterocycles. The summed E-state index contributed by atoms with van der Waals surface area (Å²) in [4.78, 5) is 2.57. The van der Waals surface area contributed by atoms with Crippen molar-refractivity contribution in [2.75, 3.05) is 19.6 Å². The van der Waals surface area contributed by atoms with Crippen molar-refractivity contribution in [1.29, 1.82) is 0 Å². The SMILES string of the molecule is CC(C)(C)CNC1CCN(Cc2ccccc2)CC1. The Morgan fingerprint density at radius 3 is 2.32 bits per heavy atom. The fourth-order valence-corrected chi connectivity index (χ4v) is 2.59. The number of likely N-dealkylation sites (tertiary alicyclic amines) is 1. The van der Waals surface area contributed by atoms with E-state index in [1.165, 1.54) is 31.5 Å². The van der Waals surface area contributed by atoms with E-state index in [-0.39, 0.29) is 0 Å². The van der Waals surface area contributed by atoms with E-state index < -0.39 is 0 Å². The topological polar surface area (TPSA) is 15.3 Å². The summed E-state index contributed by atoms with van der Waals surface area (Å²) < 4.78 is 0. The Balaban J connectivity index is 1.71. The highest BCUT2D eigenvalue weighted by atomic mass is 15.1. The molecule has 0 atom stereocenters. The number of nitrogens with zero attached hydrogens (tertiary/aromatic N) is 1. The molecule has 0 spiro atoms. The quantitative estimate of drug-likeness (QED) is 0.893. The Hall–Kier alpha value is -0.860. The van der Waals surface area contributed by atoms with Crippen molar-refractivity contribution in [1.82, 2.24) is 10.2 Å². The first-order valence-electron chi connectivity index (χ1n) is 7.53. The van der Waals surface area contributed by atoms with Crippen LogP contribution in [0, 0.1) is 5.41 Å². The molecule has 1 aliphatic rings. The lowest BCUT2D eigenvalue weighted by Gasteiger charge is -2.34. The van der Waals surface area contributed by atoms with Crippen LogP contribution in [0.4, 0.5) is 0 Å². The molecule has 19 heavy (non-hydrogen) atoms. The normalized spacial score (nSPS) is 18.7. The van der Waals surface area contributed by atoms with Crippen molar-refractivity contribution in [3.8, 4) is 0 Å². The van der Waals surface area contributed by atoms with E-state index >= 15 is 0 Å². The van der Waals surface area contributed by atoms with Crippen molar-refractivity contribution >= 4 is 0 Å². The predicted molar refractivity (Wildman–Crippen MR) is 82.2 cm³/mol. The summed E-state index contributed by atoms with van der Waals surface area (Å²) in [6.45, 7) is 11.6. The Labute approximate surface area is 118 Å². The zero-order valence-electron chi connectivity index (χ0n) is 12.7. The third-order valence-electron chi connectivity index (χ3n) is 3.76. The lowest BCUT2D eigenvalue weighted by atomic mass is 9.95. The van der Waals surface area contributed by atoms with E-state index in [1.807, 2.05) is 0 Å². The maximum atomic E-state index is 3.72. The highest BCUT2D eigenvalue weighted by Gasteiger charge is 2.20. The zero-order chi connectivity index (χ0) is 13.7. The second kappa shape index (κ2) is 6.53. The van der Waals surface area contributed by atoms with Crippen LogP contribution in [0.5, 0.6) is 0 Å². The van der Waals surface area contributed by atoms with Crippen LogP contribution < -0.4 is 5.32 Å². The molecule has 2 heteroatoms. The maximum Gasteiger partial charge on any atom is 0.0233 e. The molecule has 0 amide bonds. The van der Waals surface area contributed by atoms with Crippen LogP contribution in [0.2, 0.25) is 0 Å². The van der Waals surface area contributed by atoms with Crippen molar-refractivity contribution < 1.29 is 0 Å². The predicted octanol–water partition coefficient (Wildman–Crippen LogP) is 3.29. The molecule has 1 heterocycles. The van der Waals surface area contributed by atoms with E-state index in [2.05, 4.69) is 61.3 Å². The standard InChI is InChI=1S/C17H28N2/c1-17(2,3)14-18-16-9-11-19(12-10-16)13-15-7-5-4-6-8-15/h4-8,16,18H,9-14H2,1-3H3. The Bertz CT molecular complexity index is 359. The van der Waals surface area contributed by atoms with E-state index in [0.29, 0.717) is 11.5 Å². The second-order valence-corrected chi connectivity index (χ2v) is 6.98. The van der Waals surface area contributed by atoms with Gasteiger partial charge in [-0.05, 0) is 36.9 Å². The van der Waals surface area contributed by atoms with Crippen molar-refractivity contribution in [2.45, 2.75) is 46.2 Å². The first-order chi connectivity index (χ1) is 9.03. The van der Waals surface area contributed by atoms with Gasteiger partial charge in [0.25, 0.3) is 0 Å². The first kappa shape index (κ1) is 14.5. The molecule has 0 aliphatic carbocycles. The minimum atomic E-state index is 0.390. The Kier molecular flexibility index (Phi) is 5.00. The van der Waals surface area contributed by atoms with Crippen LogP contribution in [0.3, 0.4) is 0 Å². The van der Waals surface area contributed by atoms with Crippen molar-refractivity contribution in [3.63, 3.8) is 0 Å². The van der Waals surface area contributed by atoms with Crippen LogP contribution in [0.15, 0.2) is 30.3 Å². The Morgan fingerprint density at radius 2 is 1.74 bits per heavy atom. The minimum absolute atomic E-state index is 0.390. The molecule has 1 aromatic rings. The van der Waals surface area contributed by atoms with E-state index in [1.54, 1.807) is 0 Å². The summed E-state index contributed by atoms with van der Waals surface area (Å²) in [5, 5.41) is 3.72. The summed E-state index contributed by atoms with van der Waals surface area (Å²) in [6.07, 6.45) is 2.56. The average molecular weight is 260 g/mol. The lowest BCUT2D eigenvalue weighted by molar-refractivity contribution is 0.183. The number of benzene rings is 1. The third kappa shape index (κ3) is 5.33. The summed E-state index contributed by atoms with van der Waals surface area (Å²) >= 11 is 0. The van der Waals surface area contributed by atoms with Gasteiger partial charge in [-0.1, -0.05) is 51.1 Å². The molecule has 0 unspecified atom stereocenters. The van der Waals surface area contributed by atoms with Gasteiger partial charge < -0.3 is 5.32 Å². The highest BCUT2D eigenvalue weighted by molar-refractivity contribution is 5.14. The van der Waals surface area contributed by atoms with Gasteiger partial charge in [0.05, 0.1) is 0 Å². The highest BCUT2D eigenvalue weighted by Crippen LogP contribution is 2.16. The molecular weight excluding hydrogens is 232 g/mol. The first-order valence-corrected chi connectivity index (χ1v) is 7.53. The average Bonchev–Trinajstić information content (AvgIpc) is 2.38. The van der Waals surface area contributed by atoms with Gasteiger partial charge in [-0.15, -0.1) is 0 Å². The van der Waals surface area contributed by atoms with E-state index in [0.717, 1.165) is 13.1 Å². The molecule has 0 radical (unpaired) electrons. The summed E-state index contributed by atoms with van der Waals surface area (Å²) in [6, 6.07) is 11.5. The molecule has 2 nitrogen and oxygen atoms in total. The van der Waals surface area contributed by atoms with Crippen molar-refractivity contribution in [2.24, 2.45) is 5.41 Å². The molecule has 0 saturated carbocycles. The summed E-state index contributed by atoms with van der Waals surface area (Å²) in [5.41, 5.74) is 1.82. The van der Waals surface area contributed by atoms with Crippen LogP contribution in [-0.4, -0.2) is 30.6 Å².